The lowest BCUT2D eigenvalue weighted by atomic mass is 10.2. The number of benzene rings is 2. The van der Waals surface area contributed by atoms with Gasteiger partial charge in [0.1, 0.15) is 11.5 Å². The molecular weight excluding hydrogens is 405 g/mol. The van der Waals surface area contributed by atoms with Gasteiger partial charge in [0.05, 0.1) is 4.47 Å². The molecule has 0 saturated heterocycles. The van der Waals surface area contributed by atoms with E-state index in [4.69, 9.17) is 16.3 Å². The van der Waals surface area contributed by atoms with E-state index in [-0.39, 0.29) is 0 Å². The Morgan fingerprint density at radius 1 is 1.10 bits per heavy atom. The van der Waals surface area contributed by atoms with Crippen molar-refractivity contribution in [1.29, 1.82) is 0 Å². The Labute approximate surface area is 140 Å². The molecule has 2 rings (SSSR count). The number of nitrogens with one attached hydrogen (secondary N) is 1. The van der Waals surface area contributed by atoms with Crippen LogP contribution in [0.5, 0.6) is 11.5 Å². The second kappa shape index (κ2) is 7.46. The topological polar surface area (TPSA) is 21.3 Å². The van der Waals surface area contributed by atoms with Gasteiger partial charge in [0, 0.05) is 16.0 Å². The fourth-order valence-corrected chi connectivity index (χ4v) is 2.94. The van der Waals surface area contributed by atoms with Crippen LogP contribution in [0.4, 0.5) is 0 Å². The van der Waals surface area contributed by atoms with Crippen LogP contribution in [0.2, 0.25) is 5.02 Å². The first-order chi connectivity index (χ1) is 9.60. The van der Waals surface area contributed by atoms with E-state index in [9.17, 15) is 0 Å². The predicted octanol–water partition coefficient (Wildman–Crippen LogP) is 5.77. The Morgan fingerprint density at radius 3 is 2.55 bits per heavy atom. The van der Waals surface area contributed by atoms with Gasteiger partial charge < -0.3 is 10.1 Å². The first-order valence-corrected chi connectivity index (χ1v) is 8.18. The van der Waals surface area contributed by atoms with Gasteiger partial charge in [0.15, 0.2) is 0 Å². The van der Waals surface area contributed by atoms with Crippen LogP contribution in [0.25, 0.3) is 0 Å². The summed E-state index contributed by atoms with van der Waals surface area (Å²) in [7, 11) is 0. The quantitative estimate of drug-likeness (QED) is 0.665. The molecule has 0 spiro atoms. The van der Waals surface area contributed by atoms with Crippen molar-refractivity contribution < 1.29 is 4.74 Å². The minimum Gasteiger partial charge on any atom is -0.456 e. The summed E-state index contributed by atoms with van der Waals surface area (Å²) in [6, 6.07) is 11.4. The van der Waals surface area contributed by atoms with E-state index < -0.39 is 0 Å². The molecule has 0 fully saturated rings. The Morgan fingerprint density at radius 2 is 1.90 bits per heavy atom. The predicted molar refractivity (Wildman–Crippen MR) is 90.7 cm³/mol. The third kappa shape index (κ3) is 4.22. The standard InChI is InChI=1S/C15H14Br2ClNO/c1-2-19-9-10-3-5-12(8-13(10)16)20-15-6-4-11(18)7-14(15)17/h3-8,19H,2,9H2,1H3. The summed E-state index contributed by atoms with van der Waals surface area (Å²) in [5.74, 6) is 1.51. The Balaban J connectivity index is 2.15. The van der Waals surface area contributed by atoms with Crippen LogP contribution in [-0.4, -0.2) is 6.54 Å². The Hall–Kier alpha value is -0.550. The van der Waals surface area contributed by atoms with E-state index in [1.165, 1.54) is 5.56 Å². The molecule has 0 aliphatic heterocycles. The van der Waals surface area contributed by atoms with E-state index in [0.717, 1.165) is 33.5 Å². The molecule has 2 nitrogen and oxygen atoms in total. The Kier molecular flexibility index (Phi) is 5.90. The molecule has 0 aromatic heterocycles. The largest absolute Gasteiger partial charge is 0.456 e. The molecule has 0 amide bonds. The van der Waals surface area contributed by atoms with Crippen molar-refractivity contribution in [2.75, 3.05) is 6.54 Å². The lowest BCUT2D eigenvalue weighted by molar-refractivity contribution is 0.479. The molecule has 0 heterocycles. The van der Waals surface area contributed by atoms with Crippen LogP contribution in [0, 0.1) is 0 Å². The first kappa shape index (κ1) is 15.8. The smallest absolute Gasteiger partial charge is 0.141 e. The van der Waals surface area contributed by atoms with Crippen molar-refractivity contribution >= 4 is 43.5 Å². The molecule has 0 saturated carbocycles. The maximum Gasteiger partial charge on any atom is 0.141 e. The van der Waals surface area contributed by atoms with Crippen molar-refractivity contribution in [3.63, 3.8) is 0 Å². The molecule has 5 heteroatoms. The molecule has 0 aliphatic rings. The highest BCUT2D eigenvalue weighted by Crippen LogP contribution is 2.33. The highest BCUT2D eigenvalue weighted by Gasteiger charge is 2.06. The summed E-state index contributed by atoms with van der Waals surface area (Å²) >= 11 is 12.9. The molecule has 0 radical (unpaired) electrons. The minimum atomic E-state index is 0.673. The molecule has 0 atom stereocenters. The van der Waals surface area contributed by atoms with Crippen molar-refractivity contribution in [3.05, 3.63) is 55.9 Å². The monoisotopic (exact) mass is 417 g/mol. The highest BCUT2D eigenvalue weighted by atomic mass is 79.9. The normalized spacial score (nSPS) is 10.6. The number of ether oxygens (including phenoxy) is 1. The van der Waals surface area contributed by atoms with Crippen molar-refractivity contribution in [1.82, 2.24) is 5.32 Å². The first-order valence-electron chi connectivity index (χ1n) is 6.22. The molecular formula is C15H14Br2ClNO. The molecule has 0 bridgehead atoms. The van der Waals surface area contributed by atoms with Crippen LogP contribution >= 0.6 is 43.5 Å². The van der Waals surface area contributed by atoms with Crippen LogP contribution < -0.4 is 10.1 Å². The highest BCUT2D eigenvalue weighted by molar-refractivity contribution is 9.10. The molecule has 0 aliphatic carbocycles. The molecule has 2 aromatic rings. The summed E-state index contributed by atoms with van der Waals surface area (Å²) in [5, 5.41) is 3.97. The molecule has 0 unspecified atom stereocenters. The van der Waals surface area contributed by atoms with Gasteiger partial charge in [-0.05, 0) is 58.4 Å². The van der Waals surface area contributed by atoms with Gasteiger partial charge in [-0.3, -0.25) is 0 Å². The maximum absolute atomic E-state index is 5.91. The third-order valence-corrected chi connectivity index (χ3v) is 4.30. The number of rotatable bonds is 5. The minimum absolute atomic E-state index is 0.673. The molecule has 2 aromatic carbocycles. The summed E-state index contributed by atoms with van der Waals surface area (Å²) in [6.45, 7) is 3.87. The second-order valence-corrected chi connectivity index (χ2v) is 6.36. The molecule has 20 heavy (non-hydrogen) atoms. The average Bonchev–Trinajstić information content (AvgIpc) is 2.41. The van der Waals surface area contributed by atoms with Gasteiger partial charge in [-0.25, -0.2) is 0 Å². The summed E-state index contributed by atoms with van der Waals surface area (Å²) < 4.78 is 7.71. The summed E-state index contributed by atoms with van der Waals surface area (Å²) in [4.78, 5) is 0. The van der Waals surface area contributed by atoms with E-state index in [2.05, 4.69) is 44.1 Å². The number of hydrogen-bond donors (Lipinski definition) is 1. The SMILES string of the molecule is CCNCc1ccc(Oc2ccc(Cl)cc2Br)cc1Br. The fraction of sp³-hybridized carbons (Fsp3) is 0.200. The van der Waals surface area contributed by atoms with E-state index in [1.54, 1.807) is 6.07 Å². The van der Waals surface area contributed by atoms with Crippen molar-refractivity contribution in [2.45, 2.75) is 13.5 Å². The zero-order valence-electron chi connectivity index (χ0n) is 10.9. The number of hydrogen-bond acceptors (Lipinski definition) is 2. The van der Waals surface area contributed by atoms with Gasteiger partial charge in [-0.2, -0.15) is 0 Å². The van der Waals surface area contributed by atoms with E-state index in [1.807, 2.05) is 30.3 Å². The summed E-state index contributed by atoms with van der Waals surface area (Å²) in [5.41, 5.74) is 1.20. The van der Waals surface area contributed by atoms with E-state index in [0.29, 0.717) is 5.02 Å². The van der Waals surface area contributed by atoms with Gasteiger partial charge in [-0.1, -0.05) is 40.5 Å². The van der Waals surface area contributed by atoms with Crippen molar-refractivity contribution in [3.8, 4) is 11.5 Å². The lowest BCUT2D eigenvalue weighted by Gasteiger charge is -2.11. The molecule has 106 valence electrons. The van der Waals surface area contributed by atoms with Crippen LogP contribution in [-0.2, 0) is 6.54 Å². The van der Waals surface area contributed by atoms with Crippen LogP contribution in [0.3, 0.4) is 0 Å². The van der Waals surface area contributed by atoms with Gasteiger partial charge >= 0.3 is 0 Å². The van der Waals surface area contributed by atoms with E-state index >= 15 is 0 Å². The third-order valence-electron chi connectivity index (χ3n) is 2.71. The zero-order valence-corrected chi connectivity index (χ0v) is 14.8. The molecule has 1 N–H and O–H groups in total. The van der Waals surface area contributed by atoms with Gasteiger partial charge in [0.2, 0.25) is 0 Å². The van der Waals surface area contributed by atoms with Gasteiger partial charge in [0.25, 0.3) is 0 Å². The second-order valence-electron chi connectivity index (χ2n) is 4.21. The van der Waals surface area contributed by atoms with Gasteiger partial charge in [-0.15, -0.1) is 0 Å². The fourth-order valence-electron chi connectivity index (χ4n) is 1.68. The maximum atomic E-state index is 5.91. The van der Waals surface area contributed by atoms with Crippen LogP contribution in [0.1, 0.15) is 12.5 Å². The lowest BCUT2D eigenvalue weighted by Crippen LogP contribution is -2.11. The Bertz CT molecular complexity index is 604. The van der Waals surface area contributed by atoms with Crippen molar-refractivity contribution in [2.24, 2.45) is 0 Å². The summed E-state index contributed by atoms with van der Waals surface area (Å²) in [6.07, 6.45) is 0. The average molecular weight is 420 g/mol. The number of halogens is 3. The van der Waals surface area contributed by atoms with Crippen LogP contribution in [0.15, 0.2) is 45.3 Å². The zero-order chi connectivity index (χ0) is 14.5.